The van der Waals surface area contributed by atoms with Gasteiger partial charge in [-0.1, -0.05) is 0 Å². The van der Waals surface area contributed by atoms with Crippen LogP contribution < -0.4 is 15.2 Å². The number of rotatable bonds is 5. The maximum absolute atomic E-state index is 15.0. The molecule has 0 amide bonds. The van der Waals surface area contributed by atoms with Gasteiger partial charge in [0.1, 0.15) is 34.6 Å². The van der Waals surface area contributed by atoms with Gasteiger partial charge in [-0.05, 0) is 24.3 Å². The van der Waals surface area contributed by atoms with Crippen LogP contribution in [0.4, 0.5) is 32.3 Å². The highest BCUT2D eigenvalue weighted by Crippen LogP contribution is 2.33. The predicted molar refractivity (Wildman–Crippen MR) is 124 cm³/mol. The molecule has 0 unspecified atom stereocenters. The molecule has 4 aromatic rings. The van der Waals surface area contributed by atoms with E-state index in [4.69, 9.17) is 10.00 Å². The summed E-state index contributed by atoms with van der Waals surface area (Å²) in [6.07, 6.45) is -7.11. The normalized spacial score (nSPS) is 14.0. The molecule has 1 aliphatic rings. The summed E-state index contributed by atoms with van der Waals surface area (Å²) in [6, 6.07) is 7.53. The van der Waals surface area contributed by atoms with Crippen LogP contribution in [0, 0.1) is 17.1 Å². The highest BCUT2D eigenvalue weighted by atomic mass is 19.4. The van der Waals surface area contributed by atoms with Crippen LogP contribution in [0.15, 0.2) is 41.3 Å². The van der Waals surface area contributed by atoms with Gasteiger partial charge < -0.3 is 9.64 Å². The molecule has 0 bridgehead atoms. The Bertz CT molecular complexity index is 1690. The smallest absolute Gasteiger partial charge is 0.449 e. The lowest BCUT2D eigenvalue weighted by molar-refractivity contribution is -0.147. The Morgan fingerprint density at radius 3 is 2.49 bits per heavy atom. The first-order valence-electron chi connectivity index (χ1n) is 11.2. The number of nitriles is 1. The van der Waals surface area contributed by atoms with Gasteiger partial charge in [0.25, 0.3) is 12.0 Å². The van der Waals surface area contributed by atoms with E-state index in [0.717, 1.165) is 25.2 Å². The molecule has 1 saturated heterocycles. The molecule has 0 aliphatic carbocycles. The number of ether oxygens (including phenoxy) is 1. The van der Waals surface area contributed by atoms with Crippen molar-refractivity contribution >= 4 is 17.0 Å². The van der Waals surface area contributed by atoms with E-state index in [1.165, 1.54) is 23.2 Å². The first-order valence-corrected chi connectivity index (χ1v) is 11.2. The number of benzene rings is 1. The van der Waals surface area contributed by atoms with Gasteiger partial charge in [0.15, 0.2) is 5.52 Å². The second-order valence-electron chi connectivity index (χ2n) is 8.54. The number of hydrogen-bond donors (Lipinski definition) is 0. The summed E-state index contributed by atoms with van der Waals surface area (Å²) < 4.78 is 87.5. The fourth-order valence-corrected chi connectivity index (χ4v) is 3.98. The summed E-state index contributed by atoms with van der Waals surface area (Å²) in [5, 5.41) is 9.03. The lowest BCUT2D eigenvalue weighted by Crippen LogP contribution is -2.54. The van der Waals surface area contributed by atoms with Crippen molar-refractivity contribution in [3.05, 3.63) is 69.8 Å². The monoisotopic (exact) mass is 547 g/mol. The molecule has 4 heterocycles. The third-order valence-corrected chi connectivity index (χ3v) is 5.93. The van der Waals surface area contributed by atoms with Gasteiger partial charge in [0, 0.05) is 24.9 Å². The highest BCUT2D eigenvalue weighted by molar-refractivity contribution is 5.90. The summed E-state index contributed by atoms with van der Waals surface area (Å²) >= 11 is 0. The summed E-state index contributed by atoms with van der Waals surface area (Å²) in [7, 11) is 0.886. The number of hydrogen-bond acceptors (Lipinski definition) is 8. The van der Waals surface area contributed by atoms with Crippen LogP contribution in [0.1, 0.15) is 23.5 Å². The van der Waals surface area contributed by atoms with Crippen LogP contribution in [0.2, 0.25) is 0 Å². The van der Waals surface area contributed by atoms with Crippen molar-refractivity contribution in [2.45, 2.75) is 18.7 Å². The maximum Gasteiger partial charge on any atom is 0.449 e. The SMILES string of the molecule is Cn1c(C(F)(F)F)nc2c(-c3ccc(C#N)cc3F)nc(N3CC(Oc4ccnc(C(F)F)c4)C3)nc2c1=O. The number of halogens is 6. The molecular formula is C24H15F6N7O2. The van der Waals surface area contributed by atoms with E-state index in [1.54, 1.807) is 6.07 Å². The van der Waals surface area contributed by atoms with E-state index < -0.39 is 52.6 Å². The highest BCUT2D eigenvalue weighted by Gasteiger charge is 2.38. The van der Waals surface area contributed by atoms with Crippen molar-refractivity contribution in [2.24, 2.45) is 7.05 Å². The lowest BCUT2D eigenvalue weighted by atomic mass is 10.1. The van der Waals surface area contributed by atoms with Crippen molar-refractivity contribution in [1.29, 1.82) is 5.26 Å². The van der Waals surface area contributed by atoms with Gasteiger partial charge in [-0.2, -0.15) is 18.4 Å². The fraction of sp³-hybridized carbons (Fsp3) is 0.250. The van der Waals surface area contributed by atoms with E-state index in [1.807, 2.05) is 0 Å². The zero-order valence-corrected chi connectivity index (χ0v) is 19.7. The van der Waals surface area contributed by atoms with Gasteiger partial charge in [-0.15, -0.1) is 0 Å². The number of nitrogens with zero attached hydrogens (tertiary/aromatic N) is 7. The Balaban J connectivity index is 1.56. The van der Waals surface area contributed by atoms with Crippen molar-refractivity contribution in [1.82, 2.24) is 24.5 Å². The van der Waals surface area contributed by atoms with Gasteiger partial charge in [0.05, 0.1) is 24.7 Å². The van der Waals surface area contributed by atoms with Crippen molar-refractivity contribution in [2.75, 3.05) is 18.0 Å². The second kappa shape index (κ2) is 9.53. The van der Waals surface area contributed by atoms with Gasteiger partial charge in [-0.25, -0.2) is 28.1 Å². The van der Waals surface area contributed by atoms with Gasteiger partial charge in [0.2, 0.25) is 11.8 Å². The van der Waals surface area contributed by atoms with Crippen LogP contribution in [0.25, 0.3) is 22.3 Å². The lowest BCUT2D eigenvalue weighted by Gasteiger charge is -2.39. The van der Waals surface area contributed by atoms with E-state index in [-0.39, 0.29) is 41.6 Å². The minimum absolute atomic E-state index is 0.0384. The number of anilines is 1. The minimum Gasteiger partial charge on any atom is -0.487 e. The number of fused-ring (bicyclic) bond motifs is 1. The number of pyridine rings is 1. The summed E-state index contributed by atoms with van der Waals surface area (Å²) in [5.74, 6) is -2.44. The predicted octanol–water partition coefficient (Wildman–Crippen LogP) is 4.02. The van der Waals surface area contributed by atoms with E-state index in [9.17, 15) is 31.1 Å². The molecule has 0 N–H and O–H groups in total. The van der Waals surface area contributed by atoms with Gasteiger partial charge in [-0.3, -0.25) is 14.3 Å². The number of alkyl halides is 5. The first kappa shape index (κ1) is 25.9. The molecule has 0 radical (unpaired) electrons. The Hall–Kier alpha value is -4.74. The molecular weight excluding hydrogens is 532 g/mol. The molecule has 3 aromatic heterocycles. The standard InChI is InChI=1S/C24H15F6N7O2/c1-36-21(38)19-18(33-22(36)24(28,29)30)17(14-3-2-11(8-31)6-15(14)25)34-23(35-19)37-9-13(10-37)39-12-4-5-32-16(7-12)20(26)27/h2-7,13,20H,9-10H2,1H3. The Labute approximate surface area is 215 Å². The van der Waals surface area contributed by atoms with Gasteiger partial charge >= 0.3 is 6.18 Å². The molecule has 15 heteroatoms. The molecule has 1 fully saturated rings. The zero-order valence-electron chi connectivity index (χ0n) is 19.7. The van der Waals surface area contributed by atoms with E-state index >= 15 is 0 Å². The molecule has 1 aromatic carbocycles. The molecule has 1 aliphatic heterocycles. The Morgan fingerprint density at radius 2 is 1.85 bits per heavy atom. The molecule has 0 atom stereocenters. The molecule has 200 valence electrons. The quantitative estimate of drug-likeness (QED) is 0.345. The zero-order chi connectivity index (χ0) is 28.1. The second-order valence-corrected chi connectivity index (χ2v) is 8.54. The van der Waals surface area contributed by atoms with Crippen molar-refractivity contribution < 1.29 is 31.1 Å². The largest absolute Gasteiger partial charge is 0.487 e. The Kier molecular flexibility index (Phi) is 6.33. The first-order chi connectivity index (χ1) is 18.5. The minimum atomic E-state index is -5.00. The molecule has 39 heavy (non-hydrogen) atoms. The van der Waals surface area contributed by atoms with Crippen LogP contribution in [0.5, 0.6) is 5.75 Å². The van der Waals surface area contributed by atoms with Crippen LogP contribution in [-0.4, -0.2) is 43.7 Å². The average molecular weight is 547 g/mol. The maximum atomic E-state index is 15.0. The summed E-state index contributed by atoms with van der Waals surface area (Å²) in [6.45, 7) is 0.253. The summed E-state index contributed by atoms with van der Waals surface area (Å²) in [4.78, 5) is 29.9. The van der Waals surface area contributed by atoms with Crippen molar-refractivity contribution in [3.63, 3.8) is 0 Å². The van der Waals surface area contributed by atoms with Crippen LogP contribution in [-0.2, 0) is 13.2 Å². The third kappa shape index (κ3) is 4.80. The van der Waals surface area contributed by atoms with Crippen LogP contribution in [0.3, 0.4) is 0 Å². The average Bonchev–Trinajstić information content (AvgIpc) is 2.87. The summed E-state index contributed by atoms with van der Waals surface area (Å²) in [5.41, 5.74) is -3.34. The van der Waals surface area contributed by atoms with Crippen molar-refractivity contribution in [3.8, 4) is 23.1 Å². The van der Waals surface area contributed by atoms with Crippen LogP contribution >= 0.6 is 0 Å². The Morgan fingerprint density at radius 1 is 1.10 bits per heavy atom. The topological polar surface area (TPSA) is 110 Å². The third-order valence-electron chi connectivity index (χ3n) is 5.93. The molecule has 5 rings (SSSR count). The molecule has 0 saturated carbocycles. The molecule has 0 spiro atoms. The fourth-order valence-electron chi connectivity index (χ4n) is 3.98. The van der Waals surface area contributed by atoms with E-state index in [2.05, 4.69) is 19.9 Å². The molecule has 9 nitrogen and oxygen atoms in total. The van der Waals surface area contributed by atoms with E-state index in [0.29, 0.717) is 4.57 Å². The number of aromatic nitrogens is 5.